The average molecular weight is 522 g/mol. The van der Waals surface area contributed by atoms with Gasteiger partial charge in [-0.05, 0) is 70.7 Å². The van der Waals surface area contributed by atoms with Crippen molar-refractivity contribution in [1.29, 1.82) is 0 Å². The Balaban J connectivity index is 1.43. The van der Waals surface area contributed by atoms with Gasteiger partial charge in [0.2, 0.25) is 5.91 Å². The number of aryl methyl sites for hydroxylation is 1. The molecular formula is C28H39N7O3. The van der Waals surface area contributed by atoms with Gasteiger partial charge in [-0.1, -0.05) is 6.92 Å². The van der Waals surface area contributed by atoms with Crippen LogP contribution >= 0.6 is 0 Å². The molecule has 10 heteroatoms. The van der Waals surface area contributed by atoms with Gasteiger partial charge < -0.3 is 26.2 Å². The number of fused-ring (bicyclic) bond motifs is 1. The summed E-state index contributed by atoms with van der Waals surface area (Å²) >= 11 is 0. The smallest absolute Gasteiger partial charge is 0.258 e. The Kier molecular flexibility index (Phi) is 6.94. The third kappa shape index (κ3) is 5.01. The number of nitrogens with two attached hydrogens (primary N) is 1. The number of aromatic nitrogens is 2. The second kappa shape index (κ2) is 10.1. The topological polar surface area (TPSA) is 126 Å². The third-order valence-electron chi connectivity index (χ3n) is 8.02. The largest absolute Gasteiger partial charge is 0.380 e. The first-order valence-corrected chi connectivity index (χ1v) is 13.7. The van der Waals surface area contributed by atoms with E-state index in [-0.39, 0.29) is 23.4 Å². The van der Waals surface area contributed by atoms with Crippen molar-refractivity contribution in [2.75, 3.05) is 38.0 Å². The number of primary amides is 1. The Morgan fingerprint density at radius 1 is 1.21 bits per heavy atom. The molecule has 3 heterocycles. The second-order valence-electron chi connectivity index (χ2n) is 11.5. The monoisotopic (exact) mass is 521 g/mol. The fraction of sp³-hybridized carbons (Fsp3) is 0.571. The molecule has 38 heavy (non-hydrogen) atoms. The van der Waals surface area contributed by atoms with E-state index in [1.807, 2.05) is 40.5 Å². The normalized spacial score (nSPS) is 20.5. The van der Waals surface area contributed by atoms with Crippen molar-refractivity contribution in [3.63, 3.8) is 0 Å². The van der Waals surface area contributed by atoms with E-state index in [0.717, 1.165) is 30.9 Å². The molecule has 2 aliphatic heterocycles. The molecule has 0 unspecified atom stereocenters. The summed E-state index contributed by atoms with van der Waals surface area (Å²) in [7, 11) is 0. The van der Waals surface area contributed by atoms with Gasteiger partial charge in [0.15, 0.2) is 0 Å². The minimum absolute atomic E-state index is 0.00121. The zero-order chi connectivity index (χ0) is 27.2. The Bertz CT molecular complexity index is 1260. The van der Waals surface area contributed by atoms with Gasteiger partial charge in [-0.15, -0.1) is 0 Å². The Morgan fingerprint density at radius 3 is 2.66 bits per heavy atom. The summed E-state index contributed by atoms with van der Waals surface area (Å²) in [5, 5.41) is 11.3. The molecule has 2 aromatic rings. The number of nitrogens with one attached hydrogen (secondary N) is 2. The summed E-state index contributed by atoms with van der Waals surface area (Å²) < 4.78 is 1.84. The third-order valence-corrected chi connectivity index (χ3v) is 8.02. The van der Waals surface area contributed by atoms with Gasteiger partial charge in [0.25, 0.3) is 11.8 Å². The number of anilines is 1. The van der Waals surface area contributed by atoms with Crippen LogP contribution in [0.2, 0.25) is 0 Å². The molecule has 0 bridgehead atoms. The highest BCUT2D eigenvalue weighted by Gasteiger charge is 2.43. The molecule has 1 saturated carbocycles. The lowest BCUT2D eigenvalue weighted by molar-refractivity contribution is -0.129. The van der Waals surface area contributed by atoms with E-state index < -0.39 is 5.91 Å². The summed E-state index contributed by atoms with van der Waals surface area (Å²) in [4.78, 5) is 42.2. The number of amides is 3. The number of carbonyl (C=O) groups is 3. The number of likely N-dealkylation sites (N-methyl/N-ethyl adjacent to an activating group) is 1. The van der Waals surface area contributed by atoms with Crippen LogP contribution in [0.25, 0.3) is 5.69 Å². The van der Waals surface area contributed by atoms with Gasteiger partial charge in [-0.3, -0.25) is 14.4 Å². The highest BCUT2D eigenvalue weighted by Crippen LogP contribution is 2.38. The van der Waals surface area contributed by atoms with Crippen LogP contribution in [0.5, 0.6) is 0 Å². The van der Waals surface area contributed by atoms with Crippen molar-refractivity contribution in [3.8, 4) is 5.69 Å². The number of hydrogen-bond donors (Lipinski definition) is 3. The van der Waals surface area contributed by atoms with E-state index in [1.165, 1.54) is 12.8 Å². The molecule has 5 rings (SSSR count). The molecule has 0 radical (unpaired) electrons. The van der Waals surface area contributed by atoms with Gasteiger partial charge in [0, 0.05) is 43.3 Å². The van der Waals surface area contributed by atoms with Gasteiger partial charge in [0.1, 0.15) is 0 Å². The summed E-state index contributed by atoms with van der Waals surface area (Å²) in [5.74, 6) is 0.201. The van der Waals surface area contributed by atoms with Crippen LogP contribution in [0.1, 0.15) is 72.1 Å². The molecule has 1 atom stereocenters. The predicted octanol–water partition coefficient (Wildman–Crippen LogP) is 2.09. The number of rotatable bonds is 9. The van der Waals surface area contributed by atoms with Crippen molar-refractivity contribution in [3.05, 3.63) is 40.7 Å². The van der Waals surface area contributed by atoms with Crippen molar-refractivity contribution >= 4 is 23.4 Å². The zero-order valence-corrected chi connectivity index (χ0v) is 22.8. The van der Waals surface area contributed by atoms with Crippen LogP contribution in [-0.4, -0.2) is 81.6 Å². The number of hydrogen-bond acceptors (Lipinski definition) is 6. The van der Waals surface area contributed by atoms with E-state index >= 15 is 0 Å². The summed E-state index contributed by atoms with van der Waals surface area (Å²) in [6, 6.07) is 5.41. The van der Waals surface area contributed by atoms with Crippen LogP contribution < -0.4 is 16.4 Å². The Hall–Kier alpha value is -3.40. The fourth-order valence-electron chi connectivity index (χ4n) is 5.70. The summed E-state index contributed by atoms with van der Waals surface area (Å²) in [6.07, 6.45) is 3.84. The molecular weight excluding hydrogens is 482 g/mol. The average Bonchev–Trinajstić information content (AvgIpc) is 3.47. The summed E-state index contributed by atoms with van der Waals surface area (Å²) in [5.41, 5.74) is 9.43. The molecule has 1 aromatic heterocycles. The van der Waals surface area contributed by atoms with E-state index in [9.17, 15) is 14.4 Å². The molecule has 0 spiro atoms. The maximum absolute atomic E-state index is 13.6. The Labute approximate surface area is 223 Å². The maximum Gasteiger partial charge on any atom is 0.258 e. The molecule has 2 fully saturated rings. The number of likely N-dealkylation sites (tertiary alicyclic amines) is 1. The highest BCUT2D eigenvalue weighted by molar-refractivity contribution is 6.00. The van der Waals surface area contributed by atoms with Crippen molar-refractivity contribution in [2.24, 2.45) is 11.7 Å². The molecule has 3 aliphatic rings. The van der Waals surface area contributed by atoms with E-state index in [1.54, 1.807) is 6.07 Å². The van der Waals surface area contributed by atoms with E-state index in [4.69, 9.17) is 10.8 Å². The van der Waals surface area contributed by atoms with Crippen molar-refractivity contribution in [1.82, 2.24) is 24.9 Å². The van der Waals surface area contributed by atoms with Gasteiger partial charge in [-0.25, -0.2) is 4.68 Å². The van der Waals surface area contributed by atoms with Gasteiger partial charge in [-0.2, -0.15) is 5.10 Å². The van der Waals surface area contributed by atoms with Crippen LogP contribution in [0.3, 0.4) is 0 Å². The molecule has 10 nitrogen and oxygen atoms in total. The molecule has 1 aromatic carbocycles. The number of nitrogens with zero attached hydrogens (tertiary/aromatic N) is 4. The predicted molar refractivity (Wildman–Crippen MR) is 146 cm³/mol. The van der Waals surface area contributed by atoms with Crippen LogP contribution in [-0.2, 0) is 11.2 Å². The fourth-order valence-corrected chi connectivity index (χ4v) is 5.70. The van der Waals surface area contributed by atoms with Crippen LogP contribution in [0.15, 0.2) is 18.2 Å². The SMILES string of the molecule is CCNCC(=O)N1CC[C@H](Nc2cc(-n3nc(C)c4c3CC(C)(C)N(CC3CC3)C4=O)ccc2C(N)=O)C1. The highest BCUT2D eigenvalue weighted by atomic mass is 16.2. The molecule has 4 N–H and O–H groups in total. The van der Waals surface area contributed by atoms with Crippen molar-refractivity contribution < 1.29 is 14.4 Å². The lowest BCUT2D eigenvalue weighted by Gasteiger charge is -2.42. The van der Waals surface area contributed by atoms with Crippen LogP contribution in [0.4, 0.5) is 5.69 Å². The second-order valence-corrected chi connectivity index (χ2v) is 11.5. The van der Waals surface area contributed by atoms with Crippen molar-refractivity contribution in [2.45, 2.75) is 65.0 Å². The van der Waals surface area contributed by atoms with E-state index in [0.29, 0.717) is 54.5 Å². The first-order valence-electron chi connectivity index (χ1n) is 13.7. The quantitative estimate of drug-likeness (QED) is 0.464. The molecule has 204 valence electrons. The minimum atomic E-state index is -0.525. The minimum Gasteiger partial charge on any atom is -0.380 e. The lowest BCUT2D eigenvalue weighted by atomic mass is 9.87. The maximum atomic E-state index is 13.6. The number of benzene rings is 1. The first-order chi connectivity index (χ1) is 18.1. The van der Waals surface area contributed by atoms with Gasteiger partial charge in [0.05, 0.1) is 34.7 Å². The van der Waals surface area contributed by atoms with Gasteiger partial charge >= 0.3 is 0 Å². The first kappa shape index (κ1) is 26.2. The summed E-state index contributed by atoms with van der Waals surface area (Å²) in [6.45, 7) is 11.2. The lowest BCUT2D eigenvalue weighted by Crippen LogP contribution is -2.53. The standard InChI is InChI=1S/C28H39N7O3/c1-5-30-14-24(36)33-11-10-19(16-33)31-22-12-20(8-9-21(22)26(29)37)35-23-13-28(3,4)34(15-18-6-7-18)27(38)25(23)17(2)32-35/h8-9,12,18-19,30-31H,5-7,10-11,13-16H2,1-4H3,(H2,29,37)/t19-/m0/s1. The molecule has 1 aliphatic carbocycles. The molecule has 3 amide bonds. The van der Waals surface area contributed by atoms with Crippen LogP contribution in [0, 0.1) is 12.8 Å². The Morgan fingerprint density at radius 2 is 1.97 bits per heavy atom. The number of carbonyl (C=O) groups excluding carboxylic acids is 3. The zero-order valence-electron chi connectivity index (χ0n) is 22.8. The van der Waals surface area contributed by atoms with E-state index in [2.05, 4.69) is 24.5 Å². The molecule has 1 saturated heterocycles.